The number of rotatable bonds is 6. The van der Waals surface area contributed by atoms with Crippen molar-refractivity contribution in [3.05, 3.63) is 101 Å². The second kappa shape index (κ2) is 8.85. The van der Waals surface area contributed by atoms with Gasteiger partial charge >= 0.3 is 0 Å². The molecule has 1 heterocycles. The molecule has 0 atom stereocenters. The highest BCUT2D eigenvalue weighted by Gasteiger charge is 2.13. The Balaban J connectivity index is 1.62. The first-order chi connectivity index (χ1) is 13.5. The van der Waals surface area contributed by atoms with Gasteiger partial charge in [0.15, 0.2) is 0 Å². The molecule has 0 saturated carbocycles. The molecular formula is C21H17F2N3O2. The van der Waals surface area contributed by atoms with E-state index in [1.165, 1.54) is 30.5 Å². The largest absolute Gasteiger partial charge is 0.348 e. The second-order valence-electron chi connectivity index (χ2n) is 5.98. The van der Waals surface area contributed by atoms with E-state index in [4.69, 9.17) is 0 Å². The molecule has 3 rings (SSSR count). The van der Waals surface area contributed by atoms with E-state index in [9.17, 15) is 18.4 Å². The zero-order valence-electron chi connectivity index (χ0n) is 14.8. The van der Waals surface area contributed by atoms with Crippen LogP contribution in [0.1, 0.15) is 32.0 Å². The molecule has 0 fully saturated rings. The van der Waals surface area contributed by atoms with Crippen LogP contribution in [0.4, 0.5) is 8.78 Å². The normalized spacial score (nSPS) is 10.4. The summed E-state index contributed by atoms with van der Waals surface area (Å²) in [6.07, 6.45) is 1.33. The van der Waals surface area contributed by atoms with Crippen molar-refractivity contribution < 1.29 is 18.4 Å². The topological polar surface area (TPSA) is 71.1 Å². The number of carbonyl (C=O) groups is 2. The first-order valence-electron chi connectivity index (χ1n) is 8.54. The molecule has 5 nitrogen and oxygen atoms in total. The van der Waals surface area contributed by atoms with E-state index in [1.54, 1.807) is 36.4 Å². The third kappa shape index (κ3) is 4.76. The van der Waals surface area contributed by atoms with Crippen molar-refractivity contribution in [3.63, 3.8) is 0 Å². The summed E-state index contributed by atoms with van der Waals surface area (Å²) in [7, 11) is 0. The molecule has 0 radical (unpaired) electrons. The highest BCUT2D eigenvalue weighted by Crippen LogP contribution is 2.08. The maximum atomic E-state index is 13.6. The lowest BCUT2D eigenvalue weighted by atomic mass is 10.1. The lowest BCUT2D eigenvalue weighted by molar-refractivity contribution is 0.0945. The first-order valence-corrected chi connectivity index (χ1v) is 8.54. The maximum absolute atomic E-state index is 13.6. The number of halogens is 2. The molecule has 2 N–H and O–H groups in total. The quantitative estimate of drug-likeness (QED) is 0.689. The van der Waals surface area contributed by atoms with Crippen LogP contribution in [-0.4, -0.2) is 16.8 Å². The van der Waals surface area contributed by atoms with Crippen molar-refractivity contribution in [2.45, 2.75) is 13.1 Å². The van der Waals surface area contributed by atoms with Crippen molar-refractivity contribution >= 4 is 11.8 Å². The molecule has 0 aliphatic rings. The molecule has 0 unspecified atom stereocenters. The number of amides is 2. The predicted molar refractivity (Wildman–Crippen MR) is 99.4 cm³/mol. The van der Waals surface area contributed by atoms with Crippen LogP contribution in [0.25, 0.3) is 0 Å². The third-order valence-corrected chi connectivity index (χ3v) is 4.05. The van der Waals surface area contributed by atoms with Crippen molar-refractivity contribution in [2.24, 2.45) is 0 Å². The maximum Gasteiger partial charge on any atom is 0.270 e. The molecular weight excluding hydrogens is 364 g/mol. The van der Waals surface area contributed by atoms with Gasteiger partial charge in [0.25, 0.3) is 11.8 Å². The van der Waals surface area contributed by atoms with E-state index in [1.807, 2.05) is 0 Å². The fourth-order valence-electron chi connectivity index (χ4n) is 2.52. The van der Waals surface area contributed by atoms with Crippen LogP contribution in [0, 0.1) is 11.6 Å². The molecule has 0 saturated heterocycles. The summed E-state index contributed by atoms with van der Waals surface area (Å²) >= 11 is 0. The van der Waals surface area contributed by atoms with E-state index in [-0.39, 0.29) is 24.3 Å². The van der Waals surface area contributed by atoms with Crippen molar-refractivity contribution in [1.29, 1.82) is 0 Å². The monoisotopic (exact) mass is 381 g/mol. The Bertz CT molecular complexity index is 931. The number of nitrogens with one attached hydrogen (secondary N) is 2. The highest BCUT2D eigenvalue weighted by atomic mass is 19.1. The lowest BCUT2D eigenvalue weighted by Gasteiger charge is -2.08. The molecule has 1 aromatic heterocycles. The molecule has 0 aliphatic heterocycles. The number of pyridine rings is 1. The van der Waals surface area contributed by atoms with E-state index >= 15 is 0 Å². The van der Waals surface area contributed by atoms with Gasteiger partial charge in [-0.1, -0.05) is 36.4 Å². The van der Waals surface area contributed by atoms with Gasteiger partial charge in [0.2, 0.25) is 0 Å². The first kappa shape index (κ1) is 19.2. The van der Waals surface area contributed by atoms with Crippen molar-refractivity contribution in [2.75, 3.05) is 0 Å². The predicted octanol–water partition coefficient (Wildman–Crippen LogP) is 3.22. The molecule has 0 bridgehead atoms. The fourth-order valence-corrected chi connectivity index (χ4v) is 2.52. The molecule has 0 spiro atoms. The van der Waals surface area contributed by atoms with Crippen LogP contribution >= 0.6 is 0 Å². The molecule has 2 aromatic carbocycles. The molecule has 142 valence electrons. The summed E-state index contributed by atoms with van der Waals surface area (Å²) in [4.78, 5) is 28.5. The summed E-state index contributed by atoms with van der Waals surface area (Å²) < 4.78 is 27.2. The average Bonchev–Trinajstić information content (AvgIpc) is 2.72. The van der Waals surface area contributed by atoms with Crippen molar-refractivity contribution in [1.82, 2.24) is 15.6 Å². The Morgan fingerprint density at radius 3 is 1.89 bits per heavy atom. The lowest BCUT2D eigenvalue weighted by Crippen LogP contribution is -2.26. The van der Waals surface area contributed by atoms with Crippen LogP contribution in [0.3, 0.4) is 0 Å². The van der Waals surface area contributed by atoms with Gasteiger partial charge in [-0.05, 0) is 24.3 Å². The number of nitrogens with zero attached hydrogens (tertiary/aromatic N) is 1. The molecule has 2 amide bonds. The third-order valence-electron chi connectivity index (χ3n) is 4.05. The summed E-state index contributed by atoms with van der Waals surface area (Å²) in [5.41, 5.74) is 0.930. The molecule has 3 aromatic rings. The van der Waals surface area contributed by atoms with Gasteiger partial charge in [-0.15, -0.1) is 0 Å². The number of carbonyl (C=O) groups excluding carboxylic acids is 2. The van der Waals surface area contributed by atoms with E-state index in [2.05, 4.69) is 15.6 Å². The summed E-state index contributed by atoms with van der Waals surface area (Å²) in [5.74, 6) is -1.83. The SMILES string of the molecule is O=C(NCc1ccccc1F)c1ccnc(C(=O)NCc2ccccc2F)c1. The van der Waals surface area contributed by atoms with Crippen LogP contribution < -0.4 is 10.6 Å². The second-order valence-corrected chi connectivity index (χ2v) is 5.98. The Morgan fingerprint density at radius 2 is 1.32 bits per heavy atom. The van der Waals surface area contributed by atoms with E-state index in [0.29, 0.717) is 11.1 Å². The van der Waals surface area contributed by atoms with Crippen LogP contribution in [0.2, 0.25) is 0 Å². The van der Waals surface area contributed by atoms with Gasteiger partial charge in [-0.3, -0.25) is 14.6 Å². The Kier molecular flexibility index (Phi) is 6.06. The number of aromatic nitrogens is 1. The number of benzene rings is 2. The van der Waals surface area contributed by atoms with Crippen LogP contribution in [0.5, 0.6) is 0 Å². The molecule has 7 heteroatoms. The Hall–Kier alpha value is -3.61. The Morgan fingerprint density at radius 1 is 0.786 bits per heavy atom. The van der Waals surface area contributed by atoms with Gasteiger partial charge in [-0.2, -0.15) is 0 Å². The number of hydrogen-bond donors (Lipinski definition) is 2. The van der Waals surface area contributed by atoms with E-state index in [0.717, 1.165) is 0 Å². The van der Waals surface area contributed by atoms with Gasteiger partial charge in [0.1, 0.15) is 17.3 Å². The Labute approximate surface area is 160 Å². The zero-order chi connectivity index (χ0) is 19.9. The molecule has 28 heavy (non-hydrogen) atoms. The zero-order valence-corrected chi connectivity index (χ0v) is 14.8. The molecule has 0 aliphatic carbocycles. The minimum atomic E-state index is -0.535. The van der Waals surface area contributed by atoms with Gasteiger partial charge < -0.3 is 10.6 Å². The van der Waals surface area contributed by atoms with Gasteiger partial charge in [-0.25, -0.2) is 8.78 Å². The van der Waals surface area contributed by atoms with Crippen LogP contribution in [0.15, 0.2) is 66.9 Å². The van der Waals surface area contributed by atoms with Crippen molar-refractivity contribution in [3.8, 4) is 0 Å². The van der Waals surface area contributed by atoms with Gasteiger partial charge in [0, 0.05) is 36.0 Å². The minimum Gasteiger partial charge on any atom is -0.348 e. The summed E-state index contributed by atoms with van der Waals surface area (Å²) in [6, 6.07) is 15.0. The highest BCUT2D eigenvalue weighted by molar-refractivity contribution is 5.98. The summed E-state index contributed by atoms with van der Waals surface area (Å²) in [6.45, 7) is 0.0134. The van der Waals surface area contributed by atoms with Gasteiger partial charge in [0.05, 0.1) is 0 Å². The fraction of sp³-hybridized carbons (Fsp3) is 0.0952. The van der Waals surface area contributed by atoms with E-state index < -0.39 is 23.4 Å². The van der Waals surface area contributed by atoms with Crippen LogP contribution in [-0.2, 0) is 13.1 Å². The number of hydrogen-bond acceptors (Lipinski definition) is 3. The smallest absolute Gasteiger partial charge is 0.270 e. The minimum absolute atomic E-state index is 0.00308. The summed E-state index contributed by atoms with van der Waals surface area (Å²) in [5, 5.41) is 5.16. The average molecular weight is 381 g/mol. The standard InChI is InChI=1S/C21H17F2N3O2/c22-17-7-3-1-5-15(17)12-25-20(27)14-9-10-24-19(11-14)21(28)26-13-16-6-2-4-8-18(16)23/h1-11H,12-13H2,(H,25,27)(H,26,28).